The molecule has 114 valence electrons. The van der Waals surface area contributed by atoms with Gasteiger partial charge in [0.2, 0.25) is 0 Å². The van der Waals surface area contributed by atoms with Gasteiger partial charge in [-0.25, -0.2) is 4.68 Å². The van der Waals surface area contributed by atoms with Crippen molar-refractivity contribution in [1.82, 2.24) is 20.2 Å². The third kappa shape index (κ3) is 3.69. The number of nitrogen functional groups attached to an aromatic ring is 1. The Labute approximate surface area is 124 Å². The molecule has 1 heterocycles. The Morgan fingerprint density at radius 1 is 1.38 bits per heavy atom. The van der Waals surface area contributed by atoms with Gasteiger partial charge in [-0.05, 0) is 41.5 Å². The molecule has 0 amide bonds. The van der Waals surface area contributed by atoms with E-state index in [1.54, 1.807) is 11.8 Å². The normalized spacial score (nSPS) is 12.3. The van der Waals surface area contributed by atoms with Gasteiger partial charge < -0.3 is 15.2 Å². The molecule has 0 saturated carbocycles. The largest absolute Gasteiger partial charge is 0.492 e. The van der Waals surface area contributed by atoms with Gasteiger partial charge in [-0.1, -0.05) is 6.92 Å². The molecule has 0 saturated heterocycles. The SMILES string of the molecule is CCOc1ccc(-c2nnnn2CC(C)COC)cc1N. The quantitative estimate of drug-likeness (QED) is 0.780. The number of anilines is 1. The number of tetrazole rings is 1. The summed E-state index contributed by atoms with van der Waals surface area (Å²) in [5.74, 6) is 1.68. The summed E-state index contributed by atoms with van der Waals surface area (Å²) in [6.07, 6.45) is 0. The molecule has 0 bridgehead atoms. The molecule has 0 spiro atoms. The first kappa shape index (κ1) is 15.2. The summed E-state index contributed by atoms with van der Waals surface area (Å²) in [7, 11) is 1.68. The number of methoxy groups -OCH3 is 1. The lowest BCUT2D eigenvalue weighted by atomic mass is 10.1. The molecule has 21 heavy (non-hydrogen) atoms. The van der Waals surface area contributed by atoms with Crippen molar-refractivity contribution in [3.05, 3.63) is 18.2 Å². The fraction of sp³-hybridized carbons (Fsp3) is 0.500. The zero-order chi connectivity index (χ0) is 15.2. The highest BCUT2D eigenvalue weighted by molar-refractivity contribution is 5.66. The summed E-state index contributed by atoms with van der Waals surface area (Å²) in [5, 5.41) is 11.9. The third-order valence-electron chi connectivity index (χ3n) is 3.04. The molecule has 2 aromatic rings. The van der Waals surface area contributed by atoms with Crippen molar-refractivity contribution in [3.8, 4) is 17.1 Å². The minimum atomic E-state index is 0.317. The number of hydrogen-bond acceptors (Lipinski definition) is 6. The monoisotopic (exact) mass is 291 g/mol. The smallest absolute Gasteiger partial charge is 0.182 e. The van der Waals surface area contributed by atoms with Crippen molar-refractivity contribution in [1.29, 1.82) is 0 Å². The first-order valence-electron chi connectivity index (χ1n) is 6.93. The maximum atomic E-state index is 5.99. The van der Waals surface area contributed by atoms with Crippen molar-refractivity contribution < 1.29 is 9.47 Å². The Morgan fingerprint density at radius 3 is 2.86 bits per heavy atom. The van der Waals surface area contributed by atoms with E-state index in [2.05, 4.69) is 22.4 Å². The average molecular weight is 291 g/mol. The van der Waals surface area contributed by atoms with E-state index >= 15 is 0 Å². The molecule has 1 aromatic carbocycles. The van der Waals surface area contributed by atoms with Gasteiger partial charge >= 0.3 is 0 Å². The van der Waals surface area contributed by atoms with E-state index in [-0.39, 0.29) is 0 Å². The fourth-order valence-corrected chi connectivity index (χ4v) is 2.14. The predicted molar refractivity (Wildman–Crippen MR) is 79.9 cm³/mol. The molecular formula is C14H21N5O2. The lowest BCUT2D eigenvalue weighted by molar-refractivity contribution is 0.149. The second-order valence-corrected chi connectivity index (χ2v) is 4.93. The van der Waals surface area contributed by atoms with Crippen LogP contribution in [0.15, 0.2) is 18.2 Å². The maximum absolute atomic E-state index is 5.99. The maximum Gasteiger partial charge on any atom is 0.182 e. The molecule has 2 N–H and O–H groups in total. The van der Waals surface area contributed by atoms with Gasteiger partial charge in [0.05, 0.1) is 18.9 Å². The molecule has 0 aliphatic rings. The first-order valence-corrected chi connectivity index (χ1v) is 6.93. The van der Waals surface area contributed by atoms with Crippen LogP contribution in [-0.4, -0.2) is 40.5 Å². The number of aromatic nitrogens is 4. The summed E-state index contributed by atoms with van der Waals surface area (Å²) in [4.78, 5) is 0. The van der Waals surface area contributed by atoms with E-state index in [1.807, 2.05) is 25.1 Å². The van der Waals surface area contributed by atoms with Crippen LogP contribution in [0.1, 0.15) is 13.8 Å². The zero-order valence-electron chi connectivity index (χ0n) is 12.6. The van der Waals surface area contributed by atoms with Crippen LogP contribution >= 0.6 is 0 Å². The van der Waals surface area contributed by atoms with Gasteiger partial charge in [-0.3, -0.25) is 0 Å². The van der Waals surface area contributed by atoms with Crippen LogP contribution in [0.2, 0.25) is 0 Å². The van der Waals surface area contributed by atoms with Crippen LogP contribution in [0, 0.1) is 5.92 Å². The summed E-state index contributed by atoms with van der Waals surface area (Å²) < 4.78 is 12.3. The standard InChI is InChI=1S/C14H21N5O2/c1-4-21-13-6-5-11(7-12(13)15)14-16-17-18-19(14)8-10(2)9-20-3/h5-7,10H,4,8-9,15H2,1-3H3. The molecule has 7 heteroatoms. The lowest BCUT2D eigenvalue weighted by Gasteiger charge is -2.12. The first-order chi connectivity index (χ1) is 10.2. The second-order valence-electron chi connectivity index (χ2n) is 4.93. The minimum absolute atomic E-state index is 0.317. The van der Waals surface area contributed by atoms with Crippen LogP contribution in [0.4, 0.5) is 5.69 Å². The van der Waals surface area contributed by atoms with Crippen LogP contribution in [0.5, 0.6) is 5.75 Å². The number of ether oxygens (including phenoxy) is 2. The van der Waals surface area contributed by atoms with Gasteiger partial charge in [0.15, 0.2) is 5.82 Å². The van der Waals surface area contributed by atoms with Gasteiger partial charge in [-0.15, -0.1) is 5.10 Å². The van der Waals surface area contributed by atoms with Crippen LogP contribution in [-0.2, 0) is 11.3 Å². The topological polar surface area (TPSA) is 88.1 Å². The molecular weight excluding hydrogens is 270 g/mol. The van der Waals surface area contributed by atoms with Crippen molar-refractivity contribution >= 4 is 5.69 Å². The summed E-state index contributed by atoms with van der Waals surface area (Å²) in [5.41, 5.74) is 7.43. The Kier molecular flexibility index (Phi) is 5.10. The highest BCUT2D eigenvalue weighted by Crippen LogP contribution is 2.27. The van der Waals surface area contributed by atoms with E-state index in [0.29, 0.717) is 42.9 Å². The molecule has 2 rings (SSSR count). The number of rotatable bonds is 7. The van der Waals surface area contributed by atoms with E-state index in [1.165, 1.54) is 0 Å². The molecule has 1 unspecified atom stereocenters. The third-order valence-corrected chi connectivity index (χ3v) is 3.04. The molecule has 1 atom stereocenters. The zero-order valence-corrected chi connectivity index (χ0v) is 12.6. The number of nitrogens with two attached hydrogens (primary N) is 1. The Morgan fingerprint density at radius 2 is 2.19 bits per heavy atom. The van der Waals surface area contributed by atoms with E-state index in [0.717, 1.165) is 5.56 Å². The average Bonchev–Trinajstić information content (AvgIpc) is 2.89. The van der Waals surface area contributed by atoms with E-state index in [4.69, 9.17) is 15.2 Å². The Hall–Kier alpha value is -2.15. The van der Waals surface area contributed by atoms with Crippen molar-refractivity contribution in [2.24, 2.45) is 5.92 Å². The lowest BCUT2D eigenvalue weighted by Crippen LogP contribution is -2.14. The number of benzene rings is 1. The van der Waals surface area contributed by atoms with Gasteiger partial charge in [0, 0.05) is 19.2 Å². The molecule has 7 nitrogen and oxygen atoms in total. The minimum Gasteiger partial charge on any atom is -0.492 e. The molecule has 0 aliphatic heterocycles. The van der Waals surface area contributed by atoms with Crippen LogP contribution in [0.25, 0.3) is 11.4 Å². The highest BCUT2D eigenvalue weighted by atomic mass is 16.5. The Balaban J connectivity index is 2.22. The number of hydrogen-bond donors (Lipinski definition) is 1. The molecule has 0 fully saturated rings. The summed E-state index contributed by atoms with van der Waals surface area (Å²) >= 11 is 0. The summed E-state index contributed by atoms with van der Waals surface area (Å²) in [6, 6.07) is 5.57. The molecule has 1 aromatic heterocycles. The second kappa shape index (κ2) is 7.03. The van der Waals surface area contributed by atoms with Gasteiger partial charge in [-0.2, -0.15) is 0 Å². The predicted octanol–water partition coefficient (Wildman–Crippen LogP) is 1.60. The van der Waals surface area contributed by atoms with E-state index in [9.17, 15) is 0 Å². The fourth-order valence-electron chi connectivity index (χ4n) is 2.14. The van der Waals surface area contributed by atoms with Crippen LogP contribution in [0.3, 0.4) is 0 Å². The van der Waals surface area contributed by atoms with Crippen LogP contribution < -0.4 is 10.5 Å². The summed E-state index contributed by atoms with van der Waals surface area (Å²) in [6.45, 7) is 5.93. The molecule has 0 aliphatic carbocycles. The number of nitrogens with zero attached hydrogens (tertiary/aromatic N) is 4. The highest BCUT2D eigenvalue weighted by Gasteiger charge is 2.13. The van der Waals surface area contributed by atoms with E-state index < -0.39 is 0 Å². The van der Waals surface area contributed by atoms with Crippen molar-refractivity contribution in [3.63, 3.8) is 0 Å². The molecule has 0 radical (unpaired) electrons. The van der Waals surface area contributed by atoms with Gasteiger partial charge in [0.1, 0.15) is 5.75 Å². The van der Waals surface area contributed by atoms with Gasteiger partial charge in [0.25, 0.3) is 0 Å². The Bertz CT molecular complexity index is 584. The van der Waals surface area contributed by atoms with Crippen molar-refractivity contribution in [2.45, 2.75) is 20.4 Å². The van der Waals surface area contributed by atoms with Crippen molar-refractivity contribution in [2.75, 3.05) is 26.1 Å².